The minimum atomic E-state index is -3.98. The lowest BCUT2D eigenvalue weighted by Gasteiger charge is -2.27. The van der Waals surface area contributed by atoms with E-state index < -0.39 is 19.5 Å². The number of hydrogen-bond acceptors (Lipinski definition) is 4. The quantitative estimate of drug-likeness (QED) is 0.512. The molecule has 0 radical (unpaired) electrons. The summed E-state index contributed by atoms with van der Waals surface area (Å²) in [5, 5.41) is 11.6. The van der Waals surface area contributed by atoms with Crippen LogP contribution in [0.2, 0.25) is 0 Å². The van der Waals surface area contributed by atoms with Crippen LogP contribution in [0.5, 0.6) is 11.5 Å². The van der Waals surface area contributed by atoms with E-state index in [1.54, 1.807) is 60.7 Å². The molecule has 0 aliphatic rings. The smallest absolute Gasteiger partial charge is 0.453 e. The van der Waals surface area contributed by atoms with E-state index in [0.717, 1.165) is 5.56 Å². The lowest BCUT2D eigenvalue weighted by atomic mass is 10.1. The van der Waals surface area contributed by atoms with Crippen LogP contribution in [0.25, 0.3) is 0 Å². The normalized spacial score (nSPS) is 12.0. The lowest BCUT2D eigenvalue weighted by molar-refractivity contribution is 0.191. The van der Waals surface area contributed by atoms with Crippen LogP contribution in [-0.4, -0.2) is 17.0 Å². The van der Waals surface area contributed by atoms with E-state index in [1.165, 1.54) is 0 Å². The second kappa shape index (κ2) is 9.11. The molecule has 1 unspecified atom stereocenters. The number of nitrogens with one attached hydrogen (secondary N) is 1. The molecule has 28 heavy (non-hydrogen) atoms. The van der Waals surface area contributed by atoms with Crippen molar-refractivity contribution in [2.75, 3.05) is 0 Å². The fraction of sp³-hybridized carbons (Fsp3) is 0.0952. The molecule has 2 N–H and O–H groups in total. The zero-order chi connectivity index (χ0) is 19.8. The maximum absolute atomic E-state index is 13.8. The molecule has 0 bridgehead atoms. The van der Waals surface area contributed by atoms with Gasteiger partial charge in [-0.05, 0) is 29.8 Å². The van der Waals surface area contributed by atoms with E-state index in [9.17, 15) is 14.5 Å². The van der Waals surface area contributed by atoms with Crippen molar-refractivity contribution in [3.05, 3.63) is 96.6 Å². The average Bonchev–Trinajstić information content (AvgIpc) is 2.69. The molecule has 1 atom stereocenters. The summed E-state index contributed by atoms with van der Waals surface area (Å²) in [6.45, 7) is 0. The number of para-hydroxylation sites is 2. The molecule has 0 spiro atoms. The first-order valence-corrected chi connectivity index (χ1v) is 10.3. The zero-order valence-corrected chi connectivity index (χ0v) is 15.9. The number of hydrogen-bond donors (Lipinski definition) is 2. The highest BCUT2D eigenvalue weighted by Gasteiger charge is 2.40. The van der Waals surface area contributed by atoms with Gasteiger partial charge in [-0.3, -0.25) is 0 Å². The minimum absolute atomic E-state index is 0.143. The SMILES string of the molecule is O=C(O)NC(Cc1ccccc1)P(=O)(Oc1ccccc1)Oc1ccccc1. The Hall–Kier alpha value is -3.24. The first kappa shape index (κ1) is 19.5. The van der Waals surface area contributed by atoms with Crippen LogP contribution < -0.4 is 14.4 Å². The van der Waals surface area contributed by atoms with Gasteiger partial charge in [0.25, 0.3) is 0 Å². The maximum atomic E-state index is 13.8. The number of rotatable bonds is 8. The van der Waals surface area contributed by atoms with E-state index in [4.69, 9.17) is 9.05 Å². The molecule has 0 aliphatic carbocycles. The van der Waals surface area contributed by atoms with E-state index in [1.807, 2.05) is 30.3 Å². The van der Waals surface area contributed by atoms with E-state index in [-0.39, 0.29) is 6.42 Å². The second-order valence-corrected chi connectivity index (χ2v) is 8.07. The van der Waals surface area contributed by atoms with Gasteiger partial charge in [0.05, 0.1) is 0 Å². The van der Waals surface area contributed by atoms with Gasteiger partial charge in [0.15, 0.2) is 5.78 Å². The molecule has 7 heteroatoms. The highest BCUT2D eigenvalue weighted by Crippen LogP contribution is 2.52. The minimum Gasteiger partial charge on any atom is -0.465 e. The van der Waals surface area contributed by atoms with Crippen molar-refractivity contribution in [2.45, 2.75) is 12.2 Å². The summed E-state index contributed by atoms with van der Waals surface area (Å²) in [6, 6.07) is 26.3. The summed E-state index contributed by atoms with van der Waals surface area (Å²) in [7, 11) is -3.98. The molecule has 3 aromatic carbocycles. The van der Waals surface area contributed by atoms with Gasteiger partial charge in [-0.15, -0.1) is 0 Å². The van der Waals surface area contributed by atoms with E-state index in [0.29, 0.717) is 11.5 Å². The number of benzene rings is 3. The van der Waals surface area contributed by atoms with Crippen molar-refractivity contribution in [1.82, 2.24) is 5.32 Å². The van der Waals surface area contributed by atoms with Crippen molar-refractivity contribution in [3.8, 4) is 11.5 Å². The molecule has 0 aromatic heterocycles. The Morgan fingerprint density at radius 2 is 1.25 bits per heavy atom. The monoisotopic (exact) mass is 397 g/mol. The molecule has 0 fully saturated rings. The fourth-order valence-corrected chi connectivity index (χ4v) is 4.45. The summed E-state index contributed by atoms with van der Waals surface area (Å²) < 4.78 is 25.3. The summed E-state index contributed by atoms with van der Waals surface area (Å²) in [5.41, 5.74) is 0.801. The lowest BCUT2D eigenvalue weighted by Crippen LogP contribution is -2.37. The van der Waals surface area contributed by atoms with E-state index >= 15 is 0 Å². The molecule has 0 heterocycles. The van der Waals surface area contributed by atoms with Gasteiger partial charge in [-0.25, -0.2) is 9.36 Å². The third-order valence-electron chi connectivity index (χ3n) is 3.90. The van der Waals surface area contributed by atoms with Crippen molar-refractivity contribution >= 4 is 13.7 Å². The highest BCUT2D eigenvalue weighted by atomic mass is 31.2. The fourth-order valence-electron chi connectivity index (χ4n) is 2.62. The molecule has 0 saturated carbocycles. The van der Waals surface area contributed by atoms with Crippen molar-refractivity contribution in [2.24, 2.45) is 0 Å². The molecular weight excluding hydrogens is 377 g/mol. The Morgan fingerprint density at radius 1 is 0.821 bits per heavy atom. The molecule has 3 rings (SSSR count). The first-order valence-electron chi connectivity index (χ1n) is 8.67. The third-order valence-corrected chi connectivity index (χ3v) is 5.90. The van der Waals surface area contributed by atoms with Crippen molar-refractivity contribution < 1.29 is 23.5 Å². The zero-order valence-electron chi connectivity index (χ0n) is 15.0. The van der Waals surface area contributed by atoms with Gasteiger partial charge in [-0.2, -0.15) is 0 Å². The largest absolute Gasteiger partial charge is 0.465 e. The molecule has 1 amide bonds. The van der Waals surface area contributed by atoms with Crippen LogP contribution >= 0.6 is 7.60 Å². The predicted molar refractivity (Wildman–Crippen MR) is 107 cm³/mol. The Bertz CT molecular complexity index is 889. The number of carboxylic acid groups (broad SMARTS) is 1. The van der Waals surface area contributed by atoms with Gasteiger partial charge in [0.2, 0.25) is 0 Å². The maximum Gasteiger partial charge on any atom is 0.453 e. The summed E-state index contributed by atoms with van der Waals surface area (Å²) in [6.07, 6.45) is -1.17. The summed E-state index contributed by atoms with van der Waals surface area (Å²) in [4.78, 5) is 11.4. The Kier molecular flexibility index (Phi) is 6.35. The van der Waals surface area contributed by atoms with Crippen LogP contribution in [0.15, 0.2) is 91.0 Å². The third kappa shape index (κ3) is 5.38. The average molecular weight is 397 g/mol. The first-order chi connectivity index (χ1) is 13.5. The number of carbonyl (C=O) groups is 1. The van der Waals surface area contributed by atoms with Gasteiger partial charge >= 0.3 is 13.7 Å². The molecular formula is C21H20NO5P. The van der Waals surface area contributed by atoms with Gasteiger partial charge < -0.3 is 19.5 Å². The molecule has 3 aromatic rings. The summed E-state index contributed by atoms with van der Waals surface area (Å²) >= 11 is 0. The Morgan fingerprint density at radius 3 is 1.68 bits per heavy atom. The molecule has 144 valence electrons. The topological polar surface area (TPSA) is 84.9 Å². The summed E-state index contributed by atoms with van der Waals surface area (Å²) in [5.74, 6) is -0.452. The van der Waals surface area contributed by atoms with Gasteiger partial charge in [-0.1, -0.05) is 66.7 Å². The van der Waals surface area contributed by atoms with Crippen LogP contribution in [0.3, 0.4) is 0 Å². The standard InChI is InChI=1S/C21H20NO5P/c23-21(24)22-20(16-17-10-4-1-5-11-17)28(25,26-18-12-6-2-7-13-18)27-19-14-8-3-9-15-19/h1-15,20,22H,16H2,(H,23,24). The number of amides is 1. The van der Waals surface area contributed by atoms with Gasteiger partial charge in [0, 0.05) is 6.42 Å². The van der Waals surface area contributed by atoms with Crippen LogP contribution in [0.1, 0.15) is 5.56 Å². The van der Waals surface area contributed by atoms with Crippen molar-refractivity contribution in [1.29, 1.82) is 0 Å². The van der Waals surface area contributed by atoms with Crippen LogP contribution in [-0.2, 0) is 11.0 Å². The van der Waals surface area contributed by atoms with Crippen LogP contribution in [0.4, 0.5) is 4.79 Å². The van der Waals surface area contributed by atoms with Crippen molar-refractivity contribution in [3.63, 3.8) is 0 Å². The molecule has 0 aliphatic heterocycles. The highest BCUT2D eigenvalue weighted by molar-refractivity contribution is 7.55. The Labute approximate surface area is 163 Å². The van der Waals surface area contributed by atoms with Crippen LogP contribution in [0, 0.1) is 0 Å². The van der Waals surface area contributed by atoms with E-state index in [2.05, 4.69) is 5.32 Å². The second-order valence-electron chi connectivity index (χ2n) is 6.00. The molecule has 6 nitrogen and oxygen atoms in total. The van der Waals surface area contributed by atoms with Gasteiger partial charge in [0.1, 0.15) is 11.5 Å². The Balaban J connectivity index is 1.97. The molecule has 0 saturated heterocycles. The predicted octanol–water partition coefficient (Wildman–Crippen LogP) is 5.17.